The Balaban J connectivity index is 2.43. The Bertz CT molecular complexity index is 542. The van der Waals surface area contributed by atoms with Crippen molar-refractivity contribution in [2.24, 2.45) is 0 Å². The molecule has 1 N–H and O–H groups in total. The molecule has 0 atom stereocenters. The topological polar surface area (TPSA) is 29.5 Å². The zero-order valence-corrected chi connectivity index (χ0v) is 10.4. The van der Waals surface area contributed by atoms with Crippen molar-refractivity contribution in [3.8, 4) is 22.6 Å². The van der Waals surface area contributed by atoms with Crippen LogP contribution in [0.4, 0.5) is 0 Å². The minimum absolute atomic E-state index is 0.265. The van der Waals surface area contributed by atoms with Crippen molar-refractivity contribution in [2.75, 3.05) is 7.11 Å². The average Bonchev–Trinajstić information content (AvgIpc) is 2.40. The Kier molecular flexibility index (Phi) is 3.68. The molecule has 0 radical (unpaired) electrons. The fourth-order valence-corrected chi connectivity index (χ4v) is 1.91. The summed E-state index contributed by atoms with van der Waals surface area (Å²) in [6, 6.07) is 13.2. The van der Waals surface area contributed by atoms with Crippen LogP contribution in [0.5, 0.6) is 11.5 Å². The van der Waals surface area contributed by atoms with E-state index < -0.39 is 0 Å². The van der Waals surface area contributed by atoms with Crippen LogP contribution in [0.15, 0.2) is 55.1 Å². The third-order valence-electron chi connectivity index (χ3n) is 2.82. The maximum Gasteiger partial charge on any atom is 0.126 e. The third-order valence-corrected chi connectivity index (χ3v) is 2.82. The standard InChI is InChI=1S/C16H16O2/c1-3-4-12-5-10-15(16(11-12)18-2)13-6-8-14(17)9-7-13/h3,5-11,17H,1,4H2,2H3. The lowest BCUT2D eigenvalue weighted by Crippen LogP contribution is -1.90. The predicted molar refractivity (Wildman–Crippen MR) is 74.0 cm³/mol. The summed E-state index contributed by atoms with van der Waals surface area (Å²) in [6.45, 7) is 3.73. The molecule has 2 rings (SSSR count). The molecule has 18 heavy (non-hydrogen) atoms. The van der Waals surface area contributed by atoms with Crippen LogP contribution in [-0.2, 0) is 6.42 Å². The van der Waals surface area contributed by atoms with Gasteiger partial charge in [0.2, 0.25) is 0 Å². The highest BCUT2D eigenvalue weighted by atomic mass is 16.5. The van der Waals surface area contributed by atoms with Gasteiger partial charge < -0.3 is 9.84 Å². The molecule has 0 aliphatic heterocycles. The molecule has 0 amide bonds. The number of phenolic OH excluding ortho intramolecular Hbond substituents is 1. The molecule has 0 bridgehead atoms. The number of hydrogen-bond acceptors (Lipinski definition) is 2. The smallest absolute Gasteiger partial charge is 0.126 e. The van der Waals surface area contributed by atoms with Crippen molar-refractivity contribution in [1.82, 2.24) is 0 Å². The van der Waals surface area contributed by atoms with Crippen molar-refractivity contribution in [3.05, 3.63) is 60.7 Å². The van der Waals surface area contributed by atoms with E-state index in [-0.39, 0.29) is 5.75 Å². The van der Waals surface area contributed by atoms with Gasteiger partial charge in [-0.25, -0.2) is 0 Å². The Hall–Kier alpha value is -2.22. The first-order valence-electron chi connectivity index (χ1n) is 5.82. The minimum atomic E-state index is 0.265. The van der Waals surface area contributed by atoms with Crippen LogP contribution < -0.4 is 4.74 Å². The number of phenols is 1. The number of allylic oxidation sites excluding steroid dienone is 1. The summed E-state index contributed by atoms with van der Waals surface area (Å²) in [5.41, 5.74) is 3.21. The Morgan fingerprint density at radius 3 is 2.50 bits per heavy atom. The van der Waals surface area contributed by atoms with Crippen LogP contribution in [0.2, 0.25) is 0 Å². The van der Waals surface area contributed by atoms with E-state index in [2.05, 4.69) is 12.6 Å². The van der Waals surface area contributed by atoms with Gasteiger partial charge in [0, 0.05) is 5.56 Å². The molecule has 0 spiro atoms. The normalized spacial score (nSPS) is 10.1. The SMILES string of the molecule is C=CCc1ccc(-c2ccc(O)cc2)c(OC)c1. The van der Waals surface area contributed by atoms with E-state index in [1.165, 1.54) is 5.56 Å². The average molecular weight is 240 g/mol. The first-order chi connectivity index (χ1) is 8.74. The van der Waals surface area contributed by atoms with E-state index in [0.717, 1.165) is 23.3 Å². The van der Waals surface area contributed by atoms with E-state index in [9.17, 15) is 5.11 Å². The monoisotopic (exact) mass is 240 g/mol. The van der Waals surface area contributed by atoms with E-state index in [4.69, 9.17) is 4.74 Å². The summed E-state index contributed by atoms with van der Waals surface area (Å²) in [5.74, 6) is 1.10. The van der Waals surface area contributed by atoms with E-state index in [1.54, 1.807) is 19.2 Å². The summed E-state index contributed by atoms with van der Waals surface area (Å²) in [5, 5.41) is 9.30. The number of ether oxygens (including phenoxy) is 1. The second-order valence-corrected chi connectivity index (χ2v) is 4.07. The van der Waals surface area contributed by atoms with Crippen LogP contribution in [0.1, 0.15) is 5.56 Å². The van der Waals surface area contributed by atoms with Crippen molar-refractivity contribution >= 4 is 0 Å². The quantitative estimate of drug-likeness (QED) is 0.824. The number of aromatic hydroxyl groups is 1. The second-order valence-electron chi connectivity index (χ2n) is 4.07. The molecule has 2 nitrogen and oxygen atoms in total. The Labute approximate surface area is 107 Å². The largest absolute Gasteiger partial charge is 0.508 e. The molecule has 0 saturated carbocycles. The fourth-order valence-electron chi connectivity index (χ4n) is 1.91. The lowest BCUT2D eigenvalue weighted by atomic mass is 10.0. The number of methoxy groups -OCH3 is 1. The Morgan fingerprint density at radius 2 is 1.89 bits per heavy atom. The number of rotatable bonds is 4. The van der Waals surface area contributed by atoms with Crippen molar-refractivity contribution < 1.29 is 9.84 Å². The molecule has 0 aliphatic rings. The lowest BCUT2D eigenvalue weighted by molar-refractivity contribution is 0.416. The van der Waals surface area contributed by atoms with Crippen molar-refractivity contribution in [2.45, 2.75) is 6.42 Å². The zero-order valence-electron chi connectivity index (χ0n) is 10.4. The van der Waals surface area contributed by atoms with E-state index in [0.29, 0.717) is 0 Å². The molecule has 0 aliphatic carbocycles. The lowest BCUT2D eigenvalue weighted by Gasteiger charge is -2.10. The van der Waals surface area contributed by atoms with Crippen LogP contribution >= 0.6 is 0 Å². The van der Waals surface area contributed by atoms with Gasteiger partial charge in [0.1, 0.15) is 11.5 Å². The first-order valence-corrected chi connectivity index (χ1v) is 5.82. The van der Waals surface area contributed by atoms with Crippen molar-refractivity contribution in [1.29, 1.82) is 0 Å². The molecule has 2 heteroatoms. The van der Waals surface area contributed by atoms with Crippen LogP contribution in [0, 0.1) is 0 Å². The summed E-state index contributed by atoms with van der Waals surface area (Å²) in [4.78, 5) is 0. The van der Waals surface area contributed by atoms with Gasteiger partial charge in [0.05, 0.1) is 7.11 Å². The third kappa shape index (κ3) is 2.54. The van der Waals surface area contributed by atoms with Gasteiger partial charge in [-0.1, -0.05) is 30.3 Å². The molecule has 0 heterocycles. The maximum absolute atomic E-state index is 9.30. The van der Waals surface area contributed by atoms with Crippen molar-refractivity contribution in [3.63, 3.8) is 0 Å². The minimum Gasteiger partial charge on any atom is -0.508 e. The molecule has 92 valence electrons. The molecule has 0 aromatic heterocycles. The highest BCUT2D eigenvalue weighted by molar-refractivity contribution is 5.71. The maximum atomic E-state index is 9.30. The highest BCUT2D eigenvalue weighted by Gasteiger charge is 2.06. The van der Waals surface area contributed by atoms with Crippen LogP contribution in [0.25, 0.3) is 11.1 Å². The van der Waals surface area contributed by atoms with Crippen LogP contribution in [0.3, 0.4) is 0 Å². The summed E-state index contributed by atoms with van der Waals surface area (Å²) in [6.07, 6.45) is 2.70. The van der Waals surface area contributed by atoms with Gasteiger partial charge in [0.25, 0.3) is 0 Å². The van der Waals surface area contributed by atoms with Gasteiger partial charge in [-0.05, 0) is 35.7 Å². The van der Waals surface area contributed by atoms with Gasteiger partial charge >= 0.3 is 0 Å². The summed E-state index contributed by atoms with van der Waals surface area (Å²) in [7, 11) is 1.66. The van der Waals surface area contributed by atoms with Gasteiger partial charge in [-0.3, -0.25) is 0 Å². The second kappa shape index (κ2) is 5.41. The zero-order chi connectivity index (χ0) is 13.0. The molecular weight excluding hydrogens is 224 g/mol. The predicted octanol–water partition coefficient (Wildman–Crippen LogP) is 3.80. The van der Waals surface area contributed by atoms with Crippen LogP contribution in [-0.4, -0.2) is 12.2 Å². The molecule has 2 aromatic rings. The van der Waals surface area contributed by atoms with Gasteiger partial charge in [-0.15, -0.1) is 6.58 Å². The first kappa shape index (κ1) is 12.2. The summed E-state index contributed by atoms with van der Waals surface area (Å²) >= 11 is 0. The van der Waals surface area contributed by atoms with E-state index in [1.807, 2.05) is 30.3 Å². The highest BCUT2D eigenvalue weighted by Crippen LogP contribution is 2.31. The van der Waals surface area contributed by atoms with Gasteiger partial charge in [0.15, 0.2) is 0 Å². The molecule has 0 fully saturated rings. The molecule has 2 aromatic carbocycles. The van der Waals surface area contributed by atoms with E-state index >= 15 is 0 Å². The molecule has 0 unspecified atom stereocenters. The summed E-state index contributed by atoms with van der Waals surface area (Å²) < 4.78 is 5.42. The number of benzene rings is 2. The Morgan fingerprint density at radius 1 is 1.17 bits per heavy atom. The van der Waals surface area contributed by atoms with Gasteiger partial charge in [-0.2, -0.15) is 0 Å². The molecule has 0 saturated heterocycles. The molecular formula is C16H16O2. The number of hydrogen-bond donors (Lipinski definition) is 1. The fraction of sp³-hybridized carbons (Fsp3) is 0.125.